The number of rotatable bonds is 5. The summed E-state index contributed by atoms with van der Waals surface area (Å²) in [6.45, 7) is 8.13. The van der Waals surface area contributed by atoms with Crippen molar-refractivity contribution in [1.29, 1.82) is 0 Å². The molecule has 1 aromatic carbocycles. The molecule has 0 fully saturated rings. The highest BCUT2D eigenvalue weighted by atomic mass is 16.6. The van der Waals surface area contributed by atoms with Crippen molar-refractivity contribution >= 4 is 23.9 Å². The molecular formula is C18H24N2O5. The summed E-state index contributed by atoms with van der Waals surface area (Å²) in [6.07, 6.45) is 1.52. The lowest BCUT2D eigenvalue weighted by Gasteiger charge is -2.21. The third-order valence-electron chi connectivity index (χ3n) is 2.80. The molecule has 7 heteroatoms. The van der Waals surface area contributed by atoms with Crippen molar-refractivity contribution in [3.05, 3.63) is 29.5 Å². The molecule has 1 rings (SSSR count). The van der Waals surface area contributed by atoms with E-state index in [2.05, 4.69) is 10.6 Å². The Morgan fingerprint density at radius 2 is 1.72 bits per heavy atom. The molecule has 2 amide bonds. The second-order valence-electron chi connectivity index (χ2n) is 6.45. The monoisotopic (exact) mass is 348 g/mol. The first-order valence-corrected chi connectivity index (χ1v) is 7.70. The van der Waals surface area contributed by atoms with Gasteiger partial charge in [-0.25, -0.2) is 0 Å². The van der Waals surface area contributed by atoms with E-state index in [0.717, 1.165) is 0 Å². The summed E-state index contributed by atoms with van der Waals surface area (Å²) in [5, 5.41) is 5.31. The van der Waals surface area contributed by atoms with Crippen LogP contribution in [0.25, 0.3) is 6.08 Å². The van der Waals surface area contributed by atoms with E-state index in [4.69, 9.17) is 9.47 Å². The lowest BCUT2D eigenvalue weighted by atomic mass is 10.1. The zero-order chi connectivity index (χ0) is 19.2. The Morgan fingerprint density at radius 3 is 2.20 bits per heavy atom. The van der Waals surface area contributed by atoms with Gasteiger partial charge in [0.2, 0.25) is 5.91 Å². The molecule has 0 saturated heterocycles. The molecule has 25 heavy (non-hydrogen) atoms. The highest BCUT2D eigenvalue weighted by molar-refractivity contribution is 6.01. The normalized spacial score (nSPS) is 11.5. The first-order valence-electron chi connectivity index (χ1n) is 7.70. The highest BCUT2D eigenvalue weighted by Gasteiger charge is 2.18. The molecule has 0 atom stereocenters. The number of ether oxygens (including phenoxy) is 2. The molecule has 1 aromatic rings. The van der Waals surface area contributed by atoms with Crippen LogP contribution in [0.3, 0.4) is 0 Å². The van der Waals surface area contributed by atoms with Crippen LogP contribution in [0.4, 0.5) is 0 Å². The summed E-state index contributed by atoms with van der Waals surface area (Å²) < 4.78 is 10.2. The predicted octanol–water partition coefficient (Wildman–Crippen LogP) is 2.01. The fourth-order valence-corrected chi connectivity index (χ4v) is 1.94. The van der Waals surface area contributed by atoms with E-state index in [1.807, 2.05) is 20.8 Å². The van der Waals surface area contributed by atoms with Gasteiger partial charge in [0.15, 0.2) is 11.5 Å². The van der Waals surface area contributed by atoms with Crippen molar-refractivity contribution in [2.45, 2.75) is 40.2 Å². The van der Waals surface area contributed by atoms with Crippen LogP contribution in [0.2, 0.25) is 0 Å². The number of hydrogen-bond donors (Lipinski definition) is 2. The SMILES string of the molecule is COc1cc(/C=C(/NC(C)=O)C(=O)NC(C)(C)C)ccc1OC(C)=O. The smallest absolute Gasteiger partial charge is 0.308 e. The Labute approximate surface area is 147 Å². The molecule has 0 bridgehead atoms. The van der Waals surface area contributed by atoms with E-state index in [9.17, 15) is 14.4 Å². The van der Waals surface area contributed by atoms with Crippen LogP contribution < -0.4 is 20.1 Å². The van der Waals surface area contributed by atoms with E-state index in [0.29, 0.717) is 11.3 Å². The average Bonchev–Trinajstić information content (AvgIpc) is 2.45. The molecule has 0 spiro atoms. The topological polar surface area (TPSA) is 93.7 Å². The molecule has 0 saturated carbocycles. The highest BCUT2D eigenvalue weighted by Crippen LogP contribution is 2.29. The molecular weight excluding hydrogens is 324 g/mol. The summed E-state index contributed by atoms with van der Waals surface area (Å²) in [5.41, 5.74) is 0.246. The summed E-state index contributed by atoms with van der Waals surface area (Å²) in [7, 11) is 1.44. The van der Waals surface area contributed by atoms with E-state index < -0.39 is 17.4 Å². The van der Waals surface area contributed by atoms with Crippen LogP contribution in [0.5, 0.6) is 11.5 Å². The van der Waals surface area contributed by atoms with Crippen molar-refractivity contribution in [3.63, 3.8) is 0 Å². The second-order valence-corrected chi connectivity index (χ2v) is 6.45. The van der Waals surface area contributed by atoms with E-state index in [1.165, 1.54) is 27.0 Å². The summed E-state index contributed by atoms with van der Waals surface area (Å²) >= 11 is 0. The minimum Gasteiger partial charge on any atom is -0.493 e. The summed E-state index contributed by atoms with van der Waals surface area (Å²) in [6, 6.07) is 4.80. The first kappa shape index (κ1) is 20.2. The summed E-state index contributed by atoms with van der Waals surface area (Å²) in [4.78, 5) is 34.9. The van der Waals surface area contributed by atoms with Gasteiger partial charge in [-0.05, 0) is 44.5 Å². The number of amides is 2. The summed E-state index contributed by atoms with van der Waals surface area (Å²) in [5.74, 6) is -0.635. The van der Waals surface area contributed by atoms with Crippen LogP contribution >= 0.6 is 0 Å². The minimum atomic E-state index is -0.468. The molecule has 0 radical (unpaired) electrons. The van der Waals surface area contributed by atoms with Gasteiger partial charge in [0, 0.05) is 19.4 Å². The van der Waals surface area contributed by atoms with Gasteiger partial charge in [-0.15, -0.1) is 0 Å². The van der Waals surface area contributed by atoms with Crippen LogP contribution in [-0.2, 0) is 14.4 Å². The Hall–Kier alpha value is -2.83. The Balaban J connectivity index is 3.21. The van der Waals surface area contributed by atoms with Gasteiger partial charge in [0.1, 0.15) is 5.70 Å². The number of benzene rings is 1. The van der Waals surface area contributed by atoms with E-state index in [-0.39, 0.29) is 17.4 Å². The predicted molar refractivity (Wildman–Crippen MR) is 94.0 cm³/mol. The second kappa shape index (κ2) is 8.32. The molecule has 2 N–H and O–H groups in total. The Morgan fingerprint density at radius 1 is 1.08 bits per heavy atom. The third kappa shape index (κ3) is 7.07. The van der Waals surface area contributed by atoms with E-state index in [1.54, 1.807) is 18.2 Å². The maximum absolute atomic E-state index is 12.4. The average molecular weight is 348 g/mol. The van der Waals surface area contributed by atoms with Crippen LogP contribution in [-0.4, -0.2) is 30.4 Å². The Bertz CT molecular complexity index is 702. The van der Waals surface area contributed by atoms with Gasteiger partial charge in [0.25, 0.3) is 5.91 Å². The fraction of sp³-hybridized carbons (Fsp3) is 0.389. The molecule has 0 aliphatic rings. The van der Waals surface area contributed by atoms with Crippen LogP contribution in [0, 0.1) is 0 Å². The number of esters is 1. The Kier molecular flexibility index (Phi) is 6.73. The number of carbonyl (C=O) groups is 3. The number of hydrogen-bond acceptors (Lipinski definition) is 5. The van der Waals surface area contributed by atoms with Crippen LogP contribution in [0.15, 0.2) is 23.9 Å². The molecule has 136 valence electrons. The maximum Gasteiger partial charge on any atom is 0.308 e. The van der Waals surface area contributed by atoms with Gasteiger partial charge in [-0.1, -0.05) is 6.07 Å². The van der Waals surface area contributed by atoms with Gasteiger partial charge in [-0.2, -0.15) is 0 Å². The zero-order valence-corrected chi connectivity index (χ0v) is 15.4. The quantitative estimate of drug-likeness (QED) is 0.482. The first-order chi connectivity index (χ1) is 11.5. The maximum atomic E-state index is 12.4. The molecule has 7 nitrogen and oxygen atoms in total. The third-order valence-corrected chi connectivity index (χ3v) is 2.80. The molecule has 0 aliphatic carbocycles. The van der Waals surface area contributed by atoms with Crippen molar-refractivity contribution in [2.75, 3.05) is 7.11 Å². The number of nitrogens with one attached hydrogen (secondary N) is 2. The number of methoxy groups -OCH3 is 1. The van der Waals surface area contributed by atoms with Gasteiger partial charge in [-0.3, -0.25) is 14.4 Å². The van der Waals surface area contributed by atoms with Crippen molar-refractivity contribution in [3.8, 4) is 11.5 Å². The standard InChI is InChI=1S/C18H24N2O5/c1-11(21)19-14(17(23)20-18(3,4)5)9-13-7-8-15(25-12(2)22)16(10-13)24-6/h7-10H,1-6H3,(H,19,21)(H,20,23)/b14-9+. The number of carbonyl (C=O) groups excluding carboxylic acids is 3. The van der Waals surface area contributed by atoms with Gasteiger partial charge < -0.3 is 20.1 Å². The molecule has 0 aromatic heterocycles. The largest absolute Gasteiger partial charge is 0.493 e. The fourth-order valence-electron chi connectivity index (χ4n) is 1.94. The molecule has 0 aliphatic heterocycles. The molecule has 0 heterocycles. The van der Waals surface area contributed by atoms with E-state index >= 15 is 0 Å². The minimum absolute atomic E-state index is 0.102. The van der Waals surface area contributed by atoms with Gasteiger partial charge in [0.05, 0.1) is 7.11 Å². The molecule has 0 unspecified atom stereocenters. The lowest BCUT2D eigenvalue weighted by molar-refractivity contribution is -0.132. The van der Waals surface area contributed by atoms with Crippen molar-refractivity contribution < 1.29 is 23.9 Å². The van der Waals surface area contributed by atoms with Crippen molar-refractivity contribution in [1.82, 2.24) is 10.6 Å². The lowest BCUT2D eigenvalue weighted by Crippen LogP contribution is -2.44. The van der Waals surface area contributed by atoms with Gasteiger partial charge >= 0.3 is 5.97 Å². The zero-order valence-electron chi connectivity index (χ0n) is 15.4. The van der Waals surface area contributed by atoms with Crippen LogP contribution in [0.1, 0.15) is 40.2 Å². The van der Waals surface area contributed by atoms with Crippen molar-refractivity contribution in [2.24, 2.45) is 0 Å².